The van der Waals surface area contributed by atoms with Crippen LogP contribution in [-0.2, 0) is 25.6 Å². The molecule has 1 rings (SSSR count). The molecule has 3 atom stereocenters. The van der Waals surface area contributed by atoms with Gasteiger partial charge in [-0.1, -0.05) is 0 Å². The van der Waals surface area contributed by atoms with Gasteiger partial charge in [0, 0.05) is 18.3 Å². The van der Waals surface area contributed by atoms with Crippen molar-refractivity contribution in [2.24, 2.45) is 5.73 Å². The van der Waals surface area contributed by atoms with Gasteiger partial charge in [-0.05, 0) is 6.92 Å². The van der Waals surface area contributed by atoms with E-state index in [9.17, 15) is 24.3 Å². The lowest BCUT2D eigenvalue weighted by Gasteiger charge is -2.22. The number of carboxylic acids is 1. The van der Waals surface area contributed by atoms with Gasteiger partial charge in [0.1, 0.15) is 18.1 Å². The smallest absolute Gasteiger partial charge is 0.325 e. The number of carbonyl (C=O) groups is 4. The minimum Gasteiger partial charge on any atom is -0.480 e. The molecule has 1 heterocycles. The minimum atomic E-state index is -1.39. The number of nitrogens with two attached hydrogens (primary N) is 1. The van der Waals surface area contributed by atoms with Crippen molar-refractivity contribution < 1.29 is 29.4 Å². The third kappa shape index (κ3) is 6.49. The molecule has 144 valence electrons. The number of amides is 3. The molecule has 0 fully saturated rings. The summed E-state index contributed by atoms with van der Waals surface area (Å²) >= 11 is 0. The average molecular weight is 370 g/mol. The second-order valence-electron chi connectivity index (χ2n) is 5.42. The van der Waals surface area contributed by atoms with Gasteiger partial charge in [-0.3, -0.25) is 19.2 Å². The second-order valence-corrected chi connectivity index (χ2v) is 5.42. The van der Waals surface area contributed by atoms with Crippen LogP contribution < -0.4 is 21.7 Å². The van der Waals surface area contributed by atoms with Gasteiger partial charge in [0.05, 0.1) is 19.5 Å². The predicted octanol–water partition coefficient (Wildman–Crippen LogP) is -3.54. The van der Waals surface area contributed by atoms with Gasteiger partial charge >= 0.3 is 5.97 Å². The molecular weight excluding hydrogens is 348 g/mol. The molecule has 0 aliphatic heterocycles. The van der Waals surface area contributed by atoms with E-state index in [0.717, 1.165) is 0 Å². The molecule has 0 aliphatic rings. The van der Waals surface area contributed by atoms with Gasteiger partial charge in [-0.2, -0.15) is 0 Å². The van der Waals surface area contributed by atoms with Crippen LogP contribution in [0.25, 0.3) is 0 Å². The van der Waals surface area contributed by atoms with Crippen molar-refractivity contribution in [3.8, 4) is 0 Å². The van der Waals surface area contributed by atoms with E-state index in [1.807, 2.05) is 0 Å². The predicted molar refractivity (Wildman–Crippen MR) is 87.5 cm³/mol. The lowest BCUT2D eigenvalue weighted by molar-refractivity contribution is -0.142. The first-order valence-corrected chi connectivity index (χ1v) is 7.69. The molecule has 0 aromatic carbocycles. The summed E-state index contributed by atoms with van der Waals surface area (Å²) in [6.07, 6.45) is 2.90. The topological polar surface area (TPSA) is 200 Å². The number of imidazole rings is 1. The Morgan fingerprint density at radius 1 is 1.19 bits per heavy atom. The number of aliphatic hydroxyl groups is 1. The van der Waals surface area contributed by atoms with Gasteiger partial charge in [0.15, 0.2) is 0 Å². The summed E-state index contributed by atoms with van der Waals surface area (Å²) < 4.78 is 0. The number of nitrogens with zero attached hydrogens (tertiary/aromatic N) is 1. The molecule has 12 nitrogen and oxygen atoms in total. The van der Waals surface area contributed by atoms with Crippen LogP contribution in [0, 0.1) is 0 Å². The second kappa shape index (κ2) is 10.1. The molecule has 3 unspecified atom stereocenters. The summed E-state index contributed by atoms with van der Waals surface area (Å²) in [5.41, 5.74) is 5.78. The molecule has 8 N–H and O–H groups in total. The number of nitrogens with one attached hydrogen (secondary N) is 4. The molecular formula is C14H22N6O6. The van der Waals surface area contributed by atoms with Crippen LogP contribution in [0.2, 0.25) is 0 Å². The molecule has 0 bridgehead atoms. The van der Waals surface area contributed by atoms with E-state index in [1.165, 1.54) is 19.4 Å². The first-order chi connectivity index (χ1) is 12.3. The standard InChI is InChI=1S/C14H22N6O6/c1-7(14(25)26)18-13(24)10(5-21)20-12(23)9(19-11(22)3-15)2-8-4-16-6-17-8/h4,6-7,9-10,21H,2-3,5,15H2,1H3,(H,16,17)(H,18,24)(H,19,22)(H,20,23)(H,25,26). The first kappa shape index (κ1) is 21.1. The van der Waals surface area contributed by atoms with Crippen molar-refractivity contribution in [3.63, 3.8) is 0 Å². The zero-order chi connectivity index (χ0) is 19.7. The fourth-order valence-corrected chi connectivity index (χ4v) is 1.92. The van der Waals surface area contributed by atoms with Crippen LogP contribution in [0.4, 0.5) is 0 Å². The Morgan fingerprint density at radius 2 is 1.85 bits per heavy atom. The Morgan fingerprint density at radius 3 is 2.35 bits per heavy atom. The van der Waals surface area contributed by atoms with Crippen LogP contribution in [0.1, 0.15) is 12.6 Å². The van der Waals surface area contributed by atoms with Crippen molar-refractivity contribution in [1.82, 2.24) is 25.9 Å². The monoisotopic (exact) mass is 370 g/mol. The van der Waals surface area contributed by atoms with Crippen LogP contribution in [0.3, 0.4) is 0 Å². The highest BCUT2D eigenvalue weighted by Crippen LogP contribution is 2.00. The molecule has 3 amide bonds. The molecule has 1 aromatic rings. The molecule has 12 heteroatoms. The van der Waals surface area contributed by atoms with E-state index in [1.54, 1.807) is 0 Å². The number of hydrogen-bond acceptors (Lipinski definition) is 7. The summed E-state index contributed by atoms with van der Waals surface area (Å²) in [5.74, 6) is -3.48. The maximum Gasteiger partial charge on any atom is 0.325 e. The number of aromatic amines is 1. The fraction of sp³-hybridized carbons (Fsp3) is 0.500. The number of aromatic nitrogens is 2. The Hall–Kier alpha value is -2.99. The highest BCUT2D eigenvalue weighted by molar-refractivity contribution is 5.93. The normalized spacial score (nSPS) is 14.0. The number of hydrogen-bond donors (Lipinski definition) is 7. The number of aliphatic hydroxyl groups excluding tert-OH is 1. The SMILES string of the molecule is CC(NC(=O)C(CO)NC(=O)C(Cc1cnc[nH]1)NC(=O)CN)C(=O)O. The molecule has 0 saturated carbocycles. The molecule has 26 heavy (non-hydrogen) atoms. The van der Waals surface area contributed by atoms with Gasteiger partial charge in [-0.15, -0.1) is 0 Å². The van der Waals surface area contributed by atoms with E-state index in [-0.39, 0.29) is 13.0 Å². The third-order valence-electron chi connectivity index (χ3n) is 3.36. The zero-order valence-electron chi connectivity index (χ0n) is 14.1. The van der Waals surface area contributed by atoms with E-state index in [2.05, 4.69) is 25.9 Å². The largest absolute Gasteiger partial charge is 0.480 e. The maximum absolute atomic E-state index is 12.4. The number of aliphatic carboxylic acids is 1. The minimum absolute atomic E-state index is 0.0445. The number of carboxylic acid groups (broad SMARTS) is 1. The van der Waals surface area contributed by atoms with Crippen molar-refractivity contribution in [1.29, 1.82) is 0 Å². The summed E-state index contributed by atoms with van der Waals surface area (Å²) in [4.78, 5) is 53.3. The number of rotatable bonds is 10. The van der Waals surface area contributed by atoms with Gasteiger partial charge < -0.3 is 36.9 Å². The number of H-pyrrole nitrogens is 1. The molecule has 1 aromatic heterocycles. The molecule has 0 spiro atoms. The Kier molecular flexibility index (Phi) is 8.18. The van der Waals surface area contributed by atoms with Crippen molar-refractivity contribution in [3.05, 3.63) is 18.2 Å². The molecule has 0 aliphatic carbocycles. The quantitative estimate of drug-likeness (QED) is 0.219. The van der Waals surface area contributed by atoms with Crippen LogP contribution in [0.15, 0.2) is 12.5 Å². The Balaban J connectivity index is 2.79. The van der Waals surface area contributed by atoms with Gasteiger partial charge in [-0.25, -0.2) is 4.98 Å². The highest BCUT2D eigenvalue weighted by Gasteiger charge is 2.28. The van der Waals surface area contributed by atoms with Crippen molar-refractivity contribution in [2.45, 2.75) is 31.5 Å². The van der Waals surface area contributed by atoms with Crippen LogP contribution in [0.5, 0.6) is 0 Å². The van der Waals surface area contributed by atoms with Gasteiger partial charge in [0.2, 0.25) is 17.7 Å². The molecule has 0 radical (unpaired) electrons. The summed E-state index contributed by atoms with van der Waals surface area (Å²) in [6, 6.07) is -3.67. The van der Waals surface area contributed by atoms with E-state index < -0.39 is 48.4 Å². The summed E-state index contributed by atoms with van der Waals surface area (Å²) in [5, 5.41) is 24.9. The Bertz CT molecular complexity index is 634. The zero-order valence-corrected chi connectivity index (χ0v) is 14.1. The Labute approximate surface area is 148 Å². The summed E-state index contributed by atoms with van der Waals surface area (Å²) in [6.45, 7) is 0.136. The third-order valence-corrected chi connectivity index (χ3v) is 3.36. The summed E-state index contributed by atoms with van der Waals surface area (Å²) in [7, 11) is 0. The van der Waals surface area contributed by atoms with Crippen molar-refractivity contribution in [2.75, 3.05) is 13.2 Å². The highest BCUT2D eigenvalue weighted by atomic mass is 16.4. The fourth-order valence-electron chi connectivity index (χ4n) is 1.92. The van der Waals surface area contributed by atoms with Gasteiger partial charge in [0.25, 0.3) is 0 Å². The lowest BCUT2D eigenvalue weighted by Crippen LogP contribution is -2.57. The van der Waals surface area contributed by atoms with E-state index in [0.29, 0.717) is 5.69 Å². The van der Waals surface area contributed by atoms with Crippen molar-refractivity contribution >= 4 is 23.7 Å². The van der Waals surface area contributed by atoms with Crippen LogP contribution >= 0.6 is 0 Å². The first-order valence-electron chi connectivity index (χ1n) is 7.69. The van der Waals surface area contributed by atoms with E-state index in [4.69, 9.17) is 10.8 Å². The average Bonchev–Trinajstić information content (AvgIpc) is 3.11. The molecule has 0 saturated heterocycles. The van der Waals surface area contributed by atoms with E-state index >= 15 is 0 Å². The number of carbonyl (C=O) groups excluding carboxylic acids is 3. The lowest BCUT2D eigenvalue weighted by atomic mass is 10.1. The maximum atomic E-state index is 12.4. The van der Waals surface area contributed by atoms with Crippen LogP contribution in [-0.4, -0.2) is 75.1 Å².